The first-order valence-corrected chi connectivity index (χ1v) is 4.36. The summed E-state index contributed by atoms with van der Waals surface area (Å²) in [5.74, 6) is -0.186. The van der Waals surface area contributed by atoms with E-state index in [1.807, 2.05) is 0 Å². The molecule has 0 saturated heterocycles. The van der Waals surface area contributed by atoms with E-state index in [1.165, 1.54) is 0 Å². The molecule has 0 aromatic carbocycles. The maximum atomic E-state index is 10.9. The van der Waals surface area contributed by atoms with E-state index in [-0.39, 0.29) is 11.8 Å². The topological polar surface area (TPSA) is 43.4 Å². The number of hydrogen-bond acceptors (Lipinski definition) is 3. The Kier molecular flexibility index (Phi) is 5.85. The summed E-state index contributed by atoms with van der Waals surface area (Å²) in [6, 6.07) is 0. The number of carbonyl (C=O) groups is 2. The van der Waals surface area contributed by atoms with Crippen LogP contribution in [-0.4, -0.2) is 18.4 Å². The van der Waals surface area contributed by atoms with Gasteiger partial charge in [0.2, 0.25) is 0 Å². The number of ketones is 1. The van der Waals surface area contributed by atoms with E-state index in [1.54, 1.807) is 13.8 Å². The lowest BCUT2D eigenvalue weighted by molar-refractivity contribution is -0.139. The van der Waals surface area contributed by atoms with Gasteiger partial charge in [-0.15, -0.1) is 0 Å². The fourth-order valence-corrected chi connectivity index (χ4v) is 0.764. The molecular formula is C10H16O3. The number of Topliss-reactive ketones (excluding diaryl/α,β-unsaturated/α-hetero) is 1. The Morgan fingerprint density at radius 2 is 1.85 bits per heavy atom. The van der Waals surface area contributed by atoms with Crippen LogP contribution in [0.4, 0.5) is 0 Å². The van der Waals surface area contributed by atoms with Gasteiger partial charge in [0.25, 0.3) is 0 Å². The van der Waals surface area contributed by atoms with Crippen LogP contribution in [0.3, 0.4) is 0 Å². The van der Waals surface area contributed by atoms with Crippen LogP contribution >= 0.6 is 0 Å². The molecular weight excluding hydrogens is 168 g/mol. The molecule has 0 N–H and O–H groups in total. The molecule has 0 amide bonds. The van der Waals surface area contributed by atoms with E-state index in [2.05, 4.69) is 6.58 Å². The van der Waals surface area contributed by atoms with E-state index in [4.69, 9.17) is 4.74 Å². The molecule has 0 aliphatic carbocycles. The number of carbonyl (C=O) groups excluding carboxylic acids is 2. The summed E-state index contributed by atoms with van der Waals surface area (Å²) in [5.41, 5.74) is 0.409. The molecule has 0 fully saturated rings. The van der Waals surface area contributed by atoms with Crippen molar-refractivity contribution in [2.45, 2.75) is 33.1 Å². The van der Waals surface area contributed by atoms with Crippen molar-refractivity contribution in [3.63, 3.8) is 0 Å². The molecule has 13 heavy (non-hydrogen) atoms. The quantitative estimate of drug-likeness (QED) is 0.359. The lowest BCUT2D eigenvalue weighted by Crippen LogP contribution is -2.06. The van der Waals surface area contributed by atoms with Gasteiger partial charge in [-0.2, -0.15) is 0 Å². The van der Waals surface area contributed by atoms with Gasteiger partial charge < -0.3 is 9.53 Å². The third-order valence-corrected chi connectivity index (χ3v) is 1.50. The zero-order valence-corrected chi connectivity index (χ0v) is 8.26. The molecule has 0 atom stereocenters. The first-order valence-electron chi connectivity index (χ1n) is 4.36. The van der Waals surface area contributed by atoms with Crippen LogP contribution in [0.1, 0.15) is 33.1 Å². The van der Waals surface area contributed by atoms with E-state index in [0.717, 1.165) is 12.8 Å². The van der Waals surface area contributed by atoms with E-state index in [9.17, 15) is 9.59 Å². The molecule has 0 spiro atoms. The fourth-order valence-electron chi connectivity index (χ4n) is 0.764. The average Bonchev–Trinajstić information content (AvgIpc) is 2.02. The molecule has 3 heteroatoms. The Morgan fingerprint density at radius 1 is 1.23 bits per heavy atom. The van der Waals surface area contributed by atoms with Crippen molar-refractivity contribution in [1.29, 1.82) is 0 Å². The van der Waals surface area contributed by atoms with Crippen molar-refractivity contribution in [1.82, 2.24) is 0 Å². The van der Waals surface area contributed by atoms with Crippen LogP contribution in [0.15, 0.2) is 12.2 Å². The lowest BCUT2D eigenvalue weighted by Gasteiger charge is -2.02. The van der Waals surface area contributed by atoms with Gasteiger partial charge in [-0.25, -0.2) is 4.79 Å². The van der Waals surface area contributed by atoms with Crippen LogP contribution in [0.5, 0.6) is 0 Å². The zero-order chi connectivity index (χ0) is 10.3. The van der Waals surface area contributed by atoms with Crippen LogP contribution in [0.2, 0.25) is 0 Å². The van der Waals surface area contributed by atoms with E-state index < -0.39 is 0 Å². The normalized spacial score (nSPS) is 9.38. The zero-order valence-electron chi connectivity index (χ0n) is 8.26. The van der Waals surface area contributed by atoms with Gasteiger partial charge in [-0.3, -0.25) is 0 Å². The molecule has 0 unspecified atom stereocenters. The van der Waals surface area contributed by atoms with Crippen molar-refractivity contribution < 1.29 is 14.3 Å². The Hall–Kier alpha value is -1.12. The third-order valence-electron chi connectivity index (χ3n) is 1.50. The van der Waals surface area contributed by atoms with Crippen LogP contribution in [-0.2, 0) is 14.3 Å². The third kappa shape index (κ3) is 7.25. The number of unbranched alkanes of at least 4 members (excludes halogenated alkanes) is 1. The highest BCUT2D eigenvalue weighted by molar-refractivity contribution is 5.86. The number of esters is 1. The summed E-state index contributed by atoms with van der Waals surface area (Å²) in [4.78, 5) is 21.4. The van der Waals surface area contributed by atoms with E-state index in [0.29, 0.717) is 18.6 Å². The van der Waals surface area contributed by atoms with E-state index >= 15 is 0 Å². The second-order valence-corrected chi connectivity index (χ2v) is 3.08. The monoisotopic (exact) mass is 184 g/mol. The summed E-state index contributed by atoms with van der Waals surface area (Å²) in [7, 11) is 0. The second-order valence-electron chi connectivity index (χ2n) is 3.08. The molecule has 0 aromatic rings. The van der Waals surface area contributed by atoms with Crippen LogP contribution < -0.4 is 0 Å². The highest BCUT2D eigenvalue weighted by Gasteiger charge is 2.01. The van der Waals surface area contributed by atoms with Crippen molar-refractivity contribution in [2.24, 2.45) is 0 Å². The molecule has 0 radical (unpaired) electrons. The Morgan fingerprint density at radius 3 is 2.31 bits per heavy atom. The molecule has 0 aromatic heterocycles. The Bertz CT molecular complexity index is 206. The molecule has 0 saturated carbocycles. The maximum absolute atomic E-state index is 10.9. The lowest BCUT2D eigenvalue weighted by atomic mass is 10.2. The van der Waals surface area contributed by atoms with Crippen molar-refractivity contribution in [2.75, 3.05) is 6.61 Å². The fraction of sp³-hybridized carbons (Fsp3) is 0.600. The molecule has 3 nitrogen and oxygen atoms in total. The Labute approximate surface area is 78.8 Å². The number of hydrogen-bond donors (Lipinski definition) is 0. The van der Waals surface area contributed by atoms with Gasteiger partial charge in [-0.1, -0.05) is 6.58 Å². The first-order chi connectivity index (χ1) is 6.04. The summed E-state index contributed by atoms with van der Waals surface area (Å²) in [6.45, 7) is 6.99. The summed E-state index contributed by atoms with van der Waals surface area (Å²) < 4.78 is 4.84. The van der Waals surface area contributed by atoms with Gasteiger partial charge in [0.15, 0.2) is 0 Å². The highest BCUT2D eigenvalue weighted by Crippen LogP contribution is 1.99. The largest absolute Gasteiger partial charge is 0.462 e. The van der Waals surface area contributed by atoms with Crippen molar-refractivity contribution in [3.05, 3.63) is 12.2 Å². The summed E-state index contributed by atoms with van der Waals surface area (Å²) >= 11 is 0. The van der Waals surface area contributed by atoms with Crippen LogP contribution in [0.25, 0.3) is 0 Å². The minimum Gasteiger partial charge on any atom is -0.462 e. The predicted octanol–water partition coefficient (Wildman–Crippen LogP) is 1.86. The predicted molar refractivity (Wildman–Crippen MR) is 50.3 cm³/mol. The first kappa shape index (κ1) is 11.9. The standard InChI is InChI=1S/C10H16O3/c1-8(2)10(12)13-7-5-4-6-9(3)11/h1,4-7H2,2-3H3. The van der Waals surface area contributed by atoms with Gasteiger partial charge in [0.05, 0.1) is 6.61 Å². The van der Waals surface area contributed by atoms with Crippen molar-refractivity contribution >= 4 is 11.8 Å². The van der Waals surface area contributed by atoms with Gasteiger partial charge >= 0.3 is 5.97 Å². The molecule has 0 heterocycles. The number of rotatable bonds is 6. The minimum atomic E-state index is -0.358. The molecule has 0 aliphatic heterocycles. The van der Waals surface area contributed by atoms with Crippen LogP contribution in [0, 0.1) is 0 Å². The molecule has 0 aliphatic rings. The Balaban J connectivity index is 3.31. The molecule has 0 rings (SSSR count). The SMILES string of the molecule is C=C(C)C(=O)OCCCCC(C)=O. The maximum Gasteiger partial charge on any atom is 0.333 e. The molecule has 0 bridgehead atoms. The van der Waals surface area contributed by atoms with Gasteiger partial charge in [0, 0.05) is 12.0 Å². The average molecular weight is 184 g/mol. The number of ether oxygens (including phenoxy) is 1. The summed E-state index contributed by atoms with van der Waals surface area (Å²) in [6.07, 6.45) is 2.07. The van der Waals surface area contributed by atoms with Gasteiger partial charge in [-0.05, 0) is 26.7 Å². The molecule has 74 valence electrons. The minimum absolute atomic E-state index is 0.172. The van der Waals surface area contributed by atoms with Crippen molar-refractivity contribution in [3.8, 4) is 0 Å². The smallest absolute Gasteiger partial charge is 0.333 e. The summed E-state index contributed by atoms with van der Waals surface area (Å²) in [5, 5.41) is 0. The second kappa shape index (κ2) is 6.40. The van der Waals surface area contributed by atoms with Gasteiger partial charge in [0.1, 0.15) is 5.78 Å². The highest BCUT2D eigenvalue weighted by atomic mass is 16.5.